The van der Waals surface area contributed by atoms with Crippen LogP contribution in [0.5, 0.6) is 0 Å². The lowest BCUT2D eigenvalue weighted by atomic mass is 9.94. The van der Waals surface area contributed by atoms with Gasteiger partial charge < -0.3 is 4.90 Å². The number of aryl methyl sites for hydroxylation is 3. The highest BCUT2D eigenvalue weighted by Gasteiger charge is 2.33. The zero-order chi connectivity index (χ0) is 18.8. The molecule has 1 unspecified atom stereocenters. The van der Waals surface area contributed by atoms with Crippen LogP contribution in [0.1, 0.15) is 61.3 Å². The van der Waals surface area contributed by atoms with Gasteiger partial charge >= 0.3 is 0 Å². The maximum absolute atomic E-state index is 12.9. The fourth-order valence-corrected chi connectivity index (χ4v) is 5.43. The van der Waals surface area contributed by atoms with Crippen molar-refractivity contribution in [2.24, 2.45) is 0 Å². The average Bonchev–Trinajstić information content (AvgIpc) is 2.57. The van der Waals surface area contributed by atoms with Crippen molar-refractivity contribution in [1.82, 2.24) is 4.90 Å². The largest absolute Gasteiger partial charge is 0.342 e. The van der Waals surface area contributed by atoms with Gasteiger partial charge in [0.15, 0.2) is 9.84 Å². The van der Waals surface area contributed by atoms with Crippen molar-refractivity contribution in [2.45, 2.75) is 76.8 Å². The predicted molar refractivity (Wildman–Crippen MR) is 102 cm³/mol. The molecule has 2 rings (SSSR count). The summed E-state index contributed by atoms with van der Waals surface area (Å²) in [6, 6.07) is 4.18. The standard InChI is InChI=1S/C20H31NO3S/c1-14-11-15(2)19(16(3)12-14)13-25(23,24)17(4)20(22)21(5)18-9-7-6-8-10-18/h11-12,17-18H,6-10,13H2,1-5H3. The van der Waals surface area contributed by atoms with Gasteiger partial charge in [-0.1, -0.05) is 37.0 Å². The van der Waals surface area contributed by atoms with E-state index in [1.165, 1.54) is 13.3 Å². The van der Waals surface area contributed by atoms with Crippen LogP contribution in [0.25, 0.3) is 0 Å². The van der Waals surface area contributed by atoms with Gasteiger partial charge in [0.2, 0.25) is 5.91 Å². The van der Waals surface area contributed by atoms with Crippen LogP contribution in [0.3, 0.4) is 0 Å². The number of amides is 1. The van der Waals surface area contributed by atoms with Gasteiger partial charge in [0, 0.05) is 13.1 Å². The Morgan fingerprint density at radius 2 is 1.64 bits per heavy atom. The van der Waals surface area contributed by atoms with E-state index < -0.39 is 15.1 Å². The lowest BCUT2D eigenvalue weighted by Crippen LogP contribution is -2.45. The summed E-state index contributed by atoms with van der Waals surface area (Å²) >= 11 is 0. The molecule has 1 aromatic rings. The number of carbonyl (C=O) groups is 1. The summed E-state index contributed by atoms with van der Waals surface area (Å²) in [6.07, 6.45) is 5.39. The van der Waals surface area contributed by atoms with Gasteiger partial charge in [0.05, 0.1) is 5.75 Å². The van der Waals surface area contributed by atoms with Crippen molar-refractivity contribution < 1.29 is 13.2 Å². The summed E-state index contributed by atoms with van der Waals surface area (Å²) in [4.78, 5) is 14.4. The number of rotatable bonds is 5. The maximum atomic E-state index is 12.9. The summed E-state index contributed by atoms with van der Waals surface area (Å²) in [7, 11) is -1.79. The van der Waals surface area contributed by atoms with Crippen LogP contribution in [0.15, 0.2) is 12.1 Å². The fraction of sp³-hybridized carbons (Fsp3) is 0.650. The second-order valence-electron chi connectivity index (χ2n) is 7.57. The van der Waals surface area contributed by atoms with E-state index in [9.17, 15) is 13.2 Å². The highest BCUT2D eigenvalue weighted by molar-refractivity contribution is 7.92. The first-order chi connectivity index (χ1) is 11.6. The minimum atomic E-state index is -3.55. The van der Waals surface area contributed by atoms with Crippen LogP contribution in [0.2, 0.25) is 0 Å². The molecule has 4 nitrogen and oxygen atoms in total. The topological polar surface area (TPSA) is 54.5 Å². The summed E-state index contributed by atoms with van der Waals surface area (Å²) in [5.41, 5.74) is 3.89. The Morgan fingerprint density at radius 3 is 2.16 bits per heavy atom. The van der Waals surface area contributed by atoms with Gasteiger partial charge in [-0.15, -0.1) is 0 Å². The van der Waals surface area contributed by atoms with Crippen LogP contribution in [0.4, 0.5) is 0 Å². The molecule has 0 aromatic heterocycles. The van der Waals surface area contributed by atoms with Crippen LogP contribution < -0.4 is 0 Å². The molecule has 1 aliphatic rings. The third-order valence-electron chi connectivity index (χ3n) is 5.54. The molecule has 0 radical (unpaired) electrons. The van der Waals surface area contributed by atoms with E-state index in [-0.39, 0.29) is 17.7 Å². The summed E-state index contributed by atoms with van der Waals surface area (Å²) in [5, 5.41) is -1.00. The summed E-state index contributed by atoms with van der Waals surface area (Å²) in [6.45, 7) is 7.41. The van der Waals surface area contributed by atoms with Crippen molar-refractivity contribution in [1.29, 1.82) is 0 Å². The quantitative estimate of drug-likeness (QED) is 0.799. The highest BCUT2D eigenvalue weighted by atomic mass is 32.2. The maximum Gasteiger partial charge on any atom is 0.240 e. The van der Waals surface area contributed by atoms with Crippen molar-refractivity contribution in [3.8, 4) is 0 Å². The molecular formula is C20H31NO3S. The number of hydrogen-bond donors (Lipinski definition) is 0. The molecule has 5 heteroatoms. The van der Waals surface area contributed by atoms with Gasteiger partial charge in [-0.3, -0.25) is 4.79 Å². The molecule has 1 aliphatic carbocycles. The van der Waals surface area contributed by atoms with Crippen LogP contribution in [-0.2, 0) is 20.4 Å². The van der Waals surface area contributed by atoms with E-state index in [0.29, 0.717) is 0 Å². The van der Waals surface area contributed by atoms with Crippen molar-refractivity contribution in [3.63, 3.8) is 0 Å². The lowest BCUT2D eigenvalue weighted by Gasteiger charge is -2.33. The molecule has 0 spiro atoms. The molecule has 1 aromatic carbocycles. The van der Waals surface area contributed by atoms with E-state index in [1.807, 2.05) is 32.9 Å². The predicted octanol–water partition coefficient (Wildman–Crippen LogP) is 3.71. The molecule has 1 saturated carbocycles. The van der Waals surface area contributed by atoms with Crippen molar-refractivity contribution in [2.75, 3.05) is 7.05 Å². The van der Waals surface area contributed by atoms with Crippen LogP contribution in [-0.4, -0.2) is 37.6 Å². The monoisotopic (exact) mass is 365 g/mol. The second kappa shape index (κ2) is 7.90. The second-order valence-corrected chi connectivity index (χ2v) is 9.89. The normalized spacial score (nSPS) is 17.3. The van der Waals surface area contributed by atoms with Gasteiger partial charge in [0.1, 0.15) is 5.25 Å². The highest BCUT2D eigenvalue weighted by Crippen LogP contribution is 2.25. The minimum Gasteiger partial charge on any atom is -0.342 e. The van der Waals surface area contributed by atoms with Crippen molar-refractivity contribution >= 4 is 15.7 Å². The fourth-order valence-electron chi connectivity index (χ4n) is 3.85. The summed E-state index contributed by atoms with van der Waals surface area (Å²) in [5.74, 6) is -0.342. The number of sulfone groups is 1. The van der Waals surface area contributed by atoms with Gasteiger partial charge in [-0.2, -0.15) is 0 Å². The molecule has 1 atom stereocenters. The van der Waals surface area contributed by atoms with E-state index in [4.69, 9.17) is 0 Å². The summed E-state index contributed by atoms with van der Waals surface area (Å²) < 4.78 is 25.7. The van der Waals surface area contributed by atoms with Gasteiger partial charge in [0.25, 0.3) is 0 Å². The van der Waals surface area contributed by atoms with Gasteiger partial charge in [-0.25, -0.2) is 8.42 Å². The SMILES string of the molecule is Cc1cc(C)c(CS(=O)(=O)C(C)C(=O)N(C)C2CCCCC2)c(C)c1. The molecule has 1 amide bonds. The number of hydrogen-bond acceptors (Lipinski definition) is 3. The van der Waals surface area contributed by atoms with Crippen LogP contribution in [0, 0.1) is 20.8 Å². The first-order valence-corrected chi connectivity index (χ1v) is 10.9. The Morgan fingerprint density at radius 1 is 1.12 bits per heavy atom. The van der Waals surface area contributed by atoms with E-state index in [2.05, 4.69) is 0 Å². The Labute approximate surface area is 152 Å². The molecule has 0 N–H and O–H groups in total. The molecule has 25 heavy (non-hydrogen) atoms. The van der Waals surface area contributed by atoms with E-state index in [1.54, 1.807) is 11.9 Å². The minimum absolute atomic E-state index is 0.0731. The third-order valence-corrected chi connectivity index (χ3v) is 7.51. The Kier molecular flexibility index (Phi) is 6.30. The molecule has 0 aliphatic heterocycles. The smallest absolute Gasteiger partial charge is 0.240 e. The molecular weight excluding hydrogens is 334 g/mol. The lowest BCUT2D eigenvalue weighted by molar-refractivity contribution is -0.131. The Balaban J connectivity index is 2.16. The van der Waals surface area contributed by atoms with E-state index >= 15 is 0 Å². The Bertz CT molecular complexity index is 710. The molecule has 0 heterocycles. The first-order valence-electron chi connectivity index (χ1n) is 9.18. The number of nitrogens with zero attached hydrogens (tertiary/aromatic N) is 1. The first kappa shape index (κ1) is 20.0. The van der Waals surface area contributed by atoms with Gasteiger partial charge in [-0.05, 0) is 57.2 Å². The number of benzene rings is 1. The Hall–Kier alpha value is -1.36. The number of carbonyl (C=O) groups excluding carboxylic acids is 1. The zero-order valence-electron chi connectivity index (χ0n) is 16.1. The zero-order valence-corrected chi connectivity index (χ0v) is 16.9. The van der Waals surface area contributed by atoms with Crippen LogP contribution >= 0.6 is 0 Å². The molecule has 0 bridgehead atoms. The molecule has 1 fully saturated rings. The van der Waals surface area contributed by atoms with Crippen molar-refractivity contribution in [3.05, 3.63) is 34.4 Å². The average molecular weight is 366 g/mol. The van der Waals surface area contributed by atoms with E-state index in [0.717, 1.165) is 47.9 Å². The third kappa shape index (κ3) is 4.63. The molecule has 0 saturated heterocycles. The molecule has 140 valence electrons.